The van der Waals surface area contributed by atoms with Crippen molar-refractivity contribution in [1.29, 1.82) is 0 Å². The molecule has 4 heterocycles. The number of imidazole rings is 1. The summed E-state index contributed by atoms with van der Waals surface area (Å²) in [5.74, 6) is 1.22. The van der Waals surface area contributed by atoms with Crippen LogP contribution in [0.4, 0.5) is 11.8 Å². The Morgan fingerprint density at radius 1 is 1.28 bits per heavy atom. The summed E-state index contributed by atoms with van der Waals surface area (Å²) in [7, 11) is 0. The largest absolute Gasteiger partial charge is 0.476 e. The molecule has 4 rings (SSSR count). The number of ether oxygens (including phenoxy) is 2. The Morgan fingerprint density at radius 3 is 2.88 bits per heavy atom. The molecule has 0 radical (unpaired) electrons. The SMILES string of the molecule is CCCCNc1nc(N)c2[nH]c(=O)n(Cc3ccc(OCCN4CCOCC4)nc3)c2n1. The van der Waals surface area contributed by atoms with E-state index in [9.17, 15) is 4.79 Å². The maximum absolute atomic E-state index is 12.5. The Labute approximate surface area is 186 Å². The smallest absolute Gasteiger partial charge is 0.328 e. The van der Waals surface area contributed by atoms with Crippen LogP contribution in [-0.2, 0) is 11.3 Å². The lowest BCUT2D eigenvalue weighted by atomic mass is 10.3. The van der Waals surface area contributed by atoms with Gasteiger partial charge in [-0.2, -0.15) is 9.97 Å². The molecule has 0 unspecified atom stereocenters. The van der Waals surface area contributed by atoms with E-state index >= 15 is 0 Å². The minimum atomic E-state index is -0.294. The third-order valence-electron chi connectivity index (χ3n) is 5.36. The number of nitrogen functional groups attached to an aromatic ring is 1. The lowest BCUT2D eigenvalue weighted by molar-refractivity contribution is 0.0320. The van der Waals surface area contributed by atoms with Gasteiger partial charge in [0.25, 0.3) is 0 Å². The zero-order valence-corrected chi connectivity index (χ0v) is 18.3. The fourth-order valence-electron chi connectivity index (χ4n) is 3.53. The van der Waals surface area contributed by atoms with E-state index in [-0.39, 0.29) is 11.5 Å². The van der Waals surface area contributed by atoms with Gasteiger partial charge in [-0.05, 0) is 12.0 Å². The molecule has 1 aliphatic heterocycles. The number of aromatic nitrogens is 5. The number of anilines is 2. The molecule has 0 bridgehead atoms. The maximum Gasteiger partial charge on any atom is 0.328 e. The van der Waals surface area contributed by atoms with Crippen molar-refractivity contribution in [3.63, 3.8) is 0 Å². The van der Waals surface area contributed by atoms with E-state index < -0.39 is 0 Å². The second-order valence-corrected chi connectivity index (χ2v) is 7.73. The van der Waals surface area contributed by atoms with Crippen LogP contribution in [0.1, 0.15) is 25.3 Å². The van der Waals surface area contributed by atoms with Gasteiger partial charge in [0, 0.05) is 38.4 Å². The second-order valence-electron chi connectivity index (χ2n) is 7.73. The molecule has 1 saturated heterocycles. The second kappa shape index (κ2) is 10.4. The number of unbranched alkanes of at least 4 members (excludes halogenated alkanes) is 1. The van der Waals surface area contributed by atoms with Gasteiger partial charge in [0.2, 0.25) is 11.8 Å². The minimum Gasteiger partial charge on any atom is -0.476 e. The molecule has 0 atom stereocenters. The predicted octanol–water partition coefficient (Wildman–Crippen LogP) is 1.07. The number of hydrogen-bond donors (Lipinski definition) is 3. The molecule has 0 spiro atoms. The number of H-pyrrole nitrogens is 1. The number of fused-ring (bicyclic) bond motifs is 1. The van der Waals surface area contributed by atoms with Gasteiger partial charge < -0.3 is 25.5 Å². The van der Waals surface area contributed by atoms with Gasteiger partial charge in [0.1, 0.15) is 12.1 Å². The van der Waals surface area contributed by atoms with Crippen molar-refractivity contribution < 1.29 is 9.47 Å². The van der Waals surface area contributed by atoms with Crippen molar-refractivity contribution >= 4 is 22.9 Å². The third kappa shape index (κ3) is 5.35. The molecule has 11 heteroatoms. The Bertz CT molecular complexity index is 1070. The normalized spacial score (nSPS) is 14.7. The molecule has 0 saturated carbocycles. The number of nitrogens with one attached hydrogen (secondary N) is 2. The maximum atomic E-state index is 12.5. The number of aromatic amines is 1. The molecular formula is C21H30N8O3. The van der Waals surface area contributed by atoms with Crippen LogP contribution in [0.5, 0.6) is 5.88 Å². The van der Waals surface area contributed by atoms with Crippen LogP contribution >= 0.6 is 0 Å². The molecule has 0 aromatic carbocycles. The van der Waals surface area contributed by atoms with Crippen LogP contribution in [0.25, 0.3) is 11.2 Å². The lowest BCUT2D eigenvalue weighted by Crippen LogP contribution is -2.38. The molecular weight excluding hydrogens is 412 g/mol. The zero-order chi connectivity index (χ0) is 22.3. The van der Waals surface area contributed by atoms with E-state index in [0.717, 1.165) is 57.8 Å². The Hall–Kier alpha value is -3.18. The number of nitrogens with zero attached hydrogens (tertiary/aromatic N) is 5. The number of hydrogen-bond acceptors (Lipinski definition) is 9. The highest BCUT2D eigenvalue weighted by molar-refractivity contribution is 5.82. The van der Waals surface area contributed by atoms with Gasteiger partial charge in [-0.3, -0.25) is 9.47 Å². The summed E-state index contributed by atoms with van der Waals surface area (Å²) >= 11 is 0. The standard InChI is InChI=1S/C21H30N8O3/c1-2-3-6-23-20-26-18(22)17-19(27-20)29(21(30)25-17)14-15-4-5-16(24-13-15)32-12-9-28-7-10-31-11-8-28/h4-5,13H,2-3,6-12,14H2,1H3,(H,25,30)(H3,22,23,26,27). The first-order valence-corrected chi connectivity index (χ1v) is 11.0. The predicted molar refractivity (Wildman–Crippen MR) is 122 cm³/mol. The monoisotopic (exact) mass is 442 g/mol. The summed E-state index contributed by atoms with van der Waals surface area (Å²) in [6.07, 6.45) is 3.76. The highest BCUT2D eigenvalue weighted by atomic mass is 16.5. The molecule has 1 aliphatic rings. The average Bonchev–Trinajstić information content (AvgIpc) is 3.12. The quantitative estimate of drug-likeness (QED) is 0.394. The molecule has 0 amide bonds. The van der Waals surface area contributed by atoms with Gasteiger partial charge in [-0.25, -0.2) is 9.78 Å². The molecule has 172 valence electrons. The van der Waals surface area contributed by atoms with E-state index in [1.807, 2.05) is 12.1 Å². The number of nitrogens with two attached hydrogens (primary N) is 1. The first kappa shape index (κ1) is 22.0. The van der Waals surface area contributed by atoms with Gasteiger partial charge >= 0.3 is 5.69 Å². The van der Waals surface area contributed by atoms with Gasteiger partial charge in [0.05, 0.1) is 19.8 Å². The van der Waals surface area contributed by atoms with Crippen molar-refractivity contribution in [2.45, 2.75) is 26.3 Å². The fourth-order valence-corrected chi connectivity index (χ4v) is 3.53. The number of morpholine rings is 1. The number of rotatable bonds is 10. The van der Waals surface area contributed by atoms with Gasteiger partial charge in [0.15, 0.2) is 11.5 Å². The van der Waals surface area contributed by atoms with Crippen LogP contribution in [0.2, 0.25) is 0 Å². The summed E-state index contributed by atoms with van der Waals surface area (Å²) in [6, 6.07) is 3.71. The molecule has 4 N–H and O–H groups in total. The molecule has 32 heavy (non-hydrogen) atoms. The van der Waals surface area contributed by atoms with E-state index in [4.69, 9.17) is 15.2 Å². The van der Waals surface area contributed by atoms with Crippen LogP contribution in [0.3, 0.4) is 0 Å². The van der Waals surface area contributed by atoms with Crippen molar-refractivity contribution in [3.8, 4) is 5.88 Å². The topological polar surface area (TPSA) is 136 Å². The molecule has 1 fully saturated rings. The molecule has 3 aromatic rings. The third-order valence-corrected chi connectivity index (χ3v) is 5.36. The van der Waals surface area contributed by atoms with Crippen molar-refractivity contribution in [3.05, 3.63) is 34.4 Å². The molecule has 0 aliphatic carbocycles. The molecule has 3 aromatic heterocycles. The fraction of sp³-hybridized carbons (Fsp3) is 0.524. The van der Waals surface area contributed by atoms with E-state index in [1.54, 1.807) is 6.20 Å². The van der Waals surface area contributed by atoms with Crippen LogP contribution in [0, 0.1) is 0 Å². The minimum absolute atomic E-state index is 0.243. The highest BCUT2D eigenvalue weighted by Gasteiger charge is 2.15. The summed E-state index contributed by atoms with van der Waals surface area (Å²) in [4.78, 5) is 30.7. The summed E-state index contributed by atoms with van der Waals surface area (Å²) < 4.78 is 12.6. The zero-order valence-electron chi connectivity index (χ0n) is 18.3. The van der Waals surface area contributed by atoms with E-state index in [1.165, 1.54) is 4.57 Å². The Balaban J connectivity index is 1.42. The summed E-state index contributed by atoms with van der Waals surface area (Å²) in [5.41, 5.74) is 7.50. The van der Waals surface area contributed by atoms with Crippen molar-refractivity contribution in [1.82, 2.24) is 29.4 Å². The van der Waals surface area contributed by atoms with Crippen LogP contribution in [0.15, 0.2) is 23.1 Å². The highest BCUT2D eigenvalue weighted by Crippen LogP contribution is 2.18. The summed E-state index contributed by atoms with van der Waals surface area (Å²) in [5, 5.41) is 3.16. The van der Waals surface area contributed by atoms with E-state index in [2.05, 4.69) is 37.1 Å². The Kier molecular flexibility index (Phi) is 7.17. The first-order valence-electron chi connectivity index (χ1n) is 11.0. The van der Waals surface area contributed by atoms with Crippen molar-refractivity contribution in [2.75, 3.05) is 57.1 Å². The van der Waals surface area contributed by atoms with Crippen LogP contribution < -0.4 is 21.5 Å². The van der Waals surface area contributed by atoms with E-state index in [0.29, 0.717) is 36.1 Å². The Morgan fingerprint density at radius 2 is 2.12 bits per heavy atom. The first-order chi connectivity index (χ1) is 15.6. The van der Waals surface area contributed by atoms with Gasteiger partial charge in [-0.15, -0.1) is 0 Å². The van der Waals surface area contributed by atoms with Crippen LogP contribution in [-0.4, -0.2) is 75.4 Å². The lowest BCUT2D eigenvalue weighted by Gasteiger charge is -2.26. The van der Waals surface area contributed by atoms with Crippen molar-refractivity contribution in [2.24, 2.45) is 0 Å². The number of pyridine rings is 1. The molecule has 11 nitrogen and oxygen atoms in total. The summed E-state index contributed by atoms with van der Waals surface area (Å²) in [6.45, 7) is 7.97. The van der Waals surface area contributed by atoms with Gasteiger partial charge in [-0.1, -0.05) is 19.4 Å². The average molecular weight is 443 g/mol.